The molecular weight excluding hydrogens is 292 g/mol. The van der Waals surface area contributed by atoms with Crippen LogP contribution in [0.1, 0.15) is 32.3 Å². The third-order valence-corrected chi connectivity index (χ3v) is 5.79. The zero-order valence-corrected chi connectivity index (χ0v) is 13.4. The van der Waals surface area contributed by atoms with Crippen LogP contribution in [0.4, 0.5) is 0 Å². The van der Waals surface area contributed by atoms with Crippen LogP contribution in [0.2, 0.25) is 0 Å². The lowest BCUT2D eigenvalue weighted by molar-refractivity contribution is 0.357. The van der Waals surface area contributed by atoms with Gasteiger partial charge >= 0.3 is 0 Å². The van der Waals surface area contributed by atoms with Gasteiger partial charge in [0.2, 0.25) is 10.0 Å². The molecular formula is C14H20N2O2S2. The molecule has 0 amide bonds. The third-order valence-electron chi connectivity index (χ3n) is 4.16. The monoisotopic (exact) mass is 312 g/mol. The quantitative estimate of drug-likeness (QED) is 0.789. The Morgan fingerprint density at radius 1 is 1.45 bits per heavy atom. The summed E-state index contributed by atoms with van der Waals surface area (Å²) >= 11 is 4.88. The van der Waals surface area contributed by atoms with Gasteiger partial charge in [-0.15, -0.1) is 0 Å². The maximum Gasteiger partial charge on any atom is 0.240 e. The van der Waals surface area contributed by atoms with Crippen LogP contribution in [0.25, 0.3) is 0 Å². The zero-order chi connectivity index (χ0) is 15.0. The molecule has 0 heterocycles. The highest BCUT2D eigenvalue weighted by Gasteiger charge is 2.45. The van der Waals surface area contributed by atoms with E-state index in [9.17, 15) is 8.42 Å². The molecule has 0 atom stereocenters. The lowest BCUT2D eigenvalue weighted by atomic mass is 9.93. The van der Waals surface area contributed by atoms with E-state index in [-0.39, 0.29) is 15.3 Å². The molecule has 1 aliphatic rings. The maximum absolute atomic E-state index is 12.3. The van der Waals surface area contributed by atoms with Crippen molar-refractivity contribution in [2.24, 2.45) is 17.1 Å². The molecule has 1 saturated carbocycles. The first-order valence-electron chi connectivity index (χ1n) is 6.66. The number of hydrogen-bond donors (Lipinski definition) is 2. The Morgan fingerprint density at radius 2 is 2.10 bits per heavy atom. The standard InChI is InChI=1S/C14H20N2O2S2/c1-10(2)14(6-7-14)9-16-20(17,18)12-5-3-4-11(8-12)13(15)19/h3-5,8,10,16H,6-7,9H2,1-2H3,(H2,15,19). The molecule has 6 heteroatoms. The van der Waals surface area contributed by atoms with Crippen molar-refractivity contribution in [1.29, 1.82) is 0 Å². The molecule has 3 N–H and O–H groups in total. The number of thiocarbonyl (C=S) groups is 1. The molecule has 20 heavy (non-hydrogen) atoms. The molecule has 0 aliphatic heterocycles. The Hall–Kier alpha value is -0.980. The average molecular weight is 312 g/mol. The Bertz CT molecular complexity index is 620. The van der Waals surface area contributed by atoms with Crippen LogP contribution < -0.4 is 10.5 Å². The SMILES string of the molecule is CC(C)C1(CNS(=O)(=O)c2cccc(C(N)=S)c2)CC1. The summed E-state index contributed by atoms with van der Waals surface area (Å²) in [5.41, 5.74) is 6.23. The number of hydrogen-bond acceptors (Lipinski definition) is 3. The summed E-state index contributed by atoms with van der Waals surface area (Å²) in [6, 6.07) is 6.43. The highest BCUT2D eigenvalue weighted by atomic mass is 32.2. The fourth-order valence-electron chi connectivity index (χ4n) is 2.26. The van der Waals surface area contributed by atoms with Gasteiger partial charge in [-0.3, -0.25) is 0 Å². The van der Waals surface area contributed by atoms with Crippen molar-refractivity contribution in [2.45, 2.75) is 31.6 Å². The van der Waals surface area contributed by atoms with Gasteiger partial charge in [0, 0.05) is 12.1 Å². The van der Waals surface area contributed by atoms with Crippen molar-refractivity contribution >= 4 is 27.2 Å². The fourth-order valence-corrected chi connectivity index (χ4v) is 3.57. The second kappa shape index (κ2) is 5.42. The first-order valence-corrected chi connectivity index (χ1v) is 8.55. The molecule has 1 aromatic rings. The fraction of sp³-hybridized carbons (Fsp3) is 0.500. The molecule has 1 aliphatic carbocycles. The molecule has 0 spiro atoms. The summed E-state index contributed by atoms with van der Waals surface area (Å²) in [5.74, 6) is 0.480. The van der Waals surface area contributed by atoms with Gasteiger partial charge in [-0.25, -0.2) is 13.1 Å². The van der Waals surface area contributed by atoms with Crippen LogP contribution in [0.5, 0.6) is 0 Å². The van der Waals surface area contributed by atoms with E-state index in [0.717, 1.165) is 12.8 Å². The van der Waals surface area contributed by atoms with Crippen molar-refractivity contribution in [3.8, 4) is 0 Å². The maximum atomic E-state index is 12.3. The van der Waals surface area contributed by atoms with E-state index in [4.69, 9.17) is 18.0 Å². The molecule has 4 nitrogen and oxygen atoms in total. The van der Waals surface area contributed by atoms with Gasteiger partial charge in [0.05, 0.1) is 4.90 Å². The van der Waals surface area contributed by atoms with Gasteiger partial charge in [-0.05, 0) is 36.3 Å². The van der Waals surface area contributed by atoms with Gasteiger partial charge in [0.15, 0.2) is 0 Å². The van der Waals surface area contributed by atoms with E-state index in [1.54, 1.807) is 18.2 Å². The summed E-state index contributed by atoms with van der Waals surface area (Å²) < 4.78 is 27.3. The van der Waals surface area contributed by atoms with E-state index in [1.807, 2.05) is 0 Å². The predicted octanol–water partition coefficient (Wildman–Crippen LogP) is 2.04. The minimum Gasteiger partial charge on any atom is -0.389 e. The number of benzene rings is 1. The van der Waals surface area contributed by atoms with E-state index in [2.05, 4.69) is 18.6 Å². The summed E-state index contributed by atoms with van der Waals surface area (Å²) in [6.45, 7) is 4.76. The third kappa shape index (κ3) is 3.19. The first kappa shape index (κ1) is 15.4. The van der Waals surface area contributed by atoms with Crippen LogP contribution in [-0.4, -0.2) is 20.0 Å². The molecule has 1 aromatic carbocycles. The summed E-state index contributed by atoms with van der Waals surface area (Å²) in [4.78, 5) is 0.408. The van der Waals surface area contributed by atoms with Crippen molar-refractivity contribution in [2.75, 3.05) is 6.54 Å². The lowest BCUT2D eigenvalue weighted by Crippen LogP contribution is -2.32. The largest absolute Gasteiger partial charge is 0.389 e. The Kier molecular flexibility index (Phi) is 4.18. The number of sulfonamides is 1. The lowest BCUT2D eigenvalue weighted by Gasteiger charge is -2.20. The Labute approximate surface area is 125 Å². The summed E-state index contributed by atoms with van der Waals surface area (Å²) in [6.07, 6.45) is 2.17. The highest BCUT2D eigenvalue weighted by molar-refractivity contribution is 7.89. The van der Waals surface area contributed by atoms with Gasteiger partial charge in [0.25, 0.3) is 0 Å². The Morgan fingerprint density at radius 3 is 2.60 bits per heavy atom. The molecule has 0 aromatic heterocycles. The molecule has 0 radical (unpaired) electrons. The number of rotatable bonds is 6. The van der Waals surface area contributed by atoms with Crippen LogP contribution in [0.3, 0.4) is 0 Å². The van der Waals surface area contributed by atoms with Crippen molar-refractivity contribution in [1.82, 2.24) is 4.72 Å². The highest BCUT2D eigenvalue weighted by Crippen LogP contribution is 2.51. The normalized spacial score (nSPS) is 17.1. The van der Waals surface area contributed by atoms with Crippen molar-refractivity contribution in [3.63, 3.8) is 0 Å². The second-order valence-electron chi connectivity index (χ2n) is 5.73. The van der Waals surface area contributed by atoms with Crippen molar-refractivity contribution in [3.05, 3.63) is 29.8 Å². The Balaban J connectivity index is 2.15. The van der Waals surface area contributed by atoms with Gasteiger partial charge in [0.1, 0.15) is 4.99 Å². The minimum absolute atomic E-state index is 0.133. The minimum atomic E-state index is -3.51. The predicted molar refractivity (Wildman–Crippen MR) is 84.0 cm³/mol. The average Bonchev–Trinajstić information content (AvgIpc) is 3.18. The van der Waals surface area contributed by atoms with Crippen LogP contribution in [0, 0.1) is 11.3 Å². The van der Waals surface area contributed by atoms with Gasteiger partial charge in [-0.2, -0.15) is 0 Å². The summed E-state index contributed by atoms with van der Waals surface area (Å²) in [7, 11) is -3.51. The number of nitrogens with two attached hydrogens (primary N) is 1. The van der Waals surface area contributed by atoms with Crippen molar-refractivity contribution < 1.29 is 8.42 Å². The molecule has 0 bridgehead atoms. The molecule has 2 rings (SSSR count). The van der Waals surface area contributed by atoms with E-state index in [1.165, 1.54) is 6.07 Å². The zero-order valence-electron chi connectivity index (χ0n) is 11.7. The van der Waals surface area contributed by atoms with Crippen LogP contribution in [0.15, 0.2) is 29.2 Å². The molecule has 0 unspecified atom stereocenters. The molecule has 110 valence electrons. The first-order chi connectivity index (χ1) is 9.27. The van der Waals surface area contributed by atoms with E-state index < -0.39 is 10.0 Å². The molecule has 1 fully saturated rings. The topological polar surface area (TPSA) is 72.2 Å². The smallest absolute Gasteiger partial charge is 0.240 e. The van der Waals surface area contributed by atoms with Gasteiger partial charge in [-0.1, -0.05) is 38.2 Å². The van der Waals surface area contributed by atoms with E-state index >= 15 is 0 Å². The second-order valence-corrected chi connectivity index (χ2v) is 7.94. The van der Waals surface area contributed by atoms with Crippen LogP contribution >= 0.6 is 12.2 Å². The number of nitrogens with one attached hydrogen (secondary N) is 1. The van der Waals surface area contributed by atoms with Gasteiger partial charge < -0.3 is 5.73 Å². The van der Waals surface area contributed by atoms with E-state index in [0.29, 0.717) is 18.0 Å². The summed E-state index contributed by atoms with van der Waals surface area (Å²) in [5, 5.41) is 0. The van der Waals surface area contributed by atoms with Crippen LogP contribution in [-0.2, 0) is 10.0 Å². The molecule has 0 saturated heterocycles.